The Morgan fingerprint density at radius 1 is 1.37 bits per heavy atom. The van der Waals surface area contributed by atoms with Gasteiger partial charge in [-0.25, -0.2) is 0 Å². The Morgan fingerprint density at radius 2 is 2.21 bits per heavy atom. The van der Waals surface area contributed by atoms with Crippen LogP contribution in [-0.4, -0.2) is 26.9 Å². The normalized spacial score (nSPS) is 11.1. The first-order valence-electron chi connectivity index (χ1n) is 5.88. The molecule has 0 saturated heterocycles. The van der Waals surface area contributed by atoms with Gasteiger partial charge in [0, 0.05) is 18.2 Å². The molecule has 1 aromatic carbocycles. The number of ether oxygens (including phenoxy) is 1. The van der Waals surface area contributed by atoms with E-state index in [1.54, 1.807) is 17.7 Å². The number of anilines is 1. The fourth-order valence-corrected chi connectivity index (χ4v) is 2.76. The largest absolute Gasteiger partial charge is 0.496 e. The Balaban J connectivity index is 2.16. The Hall–Kier alpha value is -2.15. The zero-order valence-electron chi connectivity index (χ0n) is 10.6. The third kappa shape index (κ3) is 1.91. The summed E-state index contributed by atoms with van der Waals surface area (Å²) in [5.74, 6) is 1.56. The minimum absolute atomic E-state index is 0.665. The average Bonchev–Trinajstić information content (AvgIpc) is 2.98. The Morgan fingerprint density at radius 3 is 2.95 bits per heavy atom. The second kappa shape index (κ2) is 4.51. The lowest BCUT2D eigenvalue weighted by atomic mass is 10.2. The average molecular weight is 275 g/mol. The minimum atomic E-state index is 0.665. The third-order valence-corrected chi connectivity index (χ3v) is 3.76. The topological polar surface area (TPSA) is 78.3 Å². The first-order valence-corrected chi connectivity index (χ1v) is 6.69. The lowest BCUT2D eigenvalue weighted by Crippen LogP contribution is -1.95. The van der Waals surface area contributed by atoms with Crippen molar-refractivity contribution < 1.29 is 4.74 Å². The van der Waals surface area contributed by atoms with E-state index in [1.165, 1.54) is 11.3 Å². The van der Waals surface area contributed by atoms with Gasteiger partial charge in [0.1, 0.15) is 5.75 Å². The number of aryl methyl sites for hydroxylation is 1. The summed E-state index contributed by atoms with van der Waals surface area (Å²) in [5, 5.41) is 13.6. The van der Waals surface area contributed by atoms with Crippen molar-refractivity contribution in [2.75, 3.05) is 12.8 Å². The van der Waals surface area contributed by atoms with Gasteiger partial charge in [0.2, 0.25) is 4.96 Å². The van der Waals surface area contributed by atoms with Gasteiger partial charge in [-0.15, -0.1) is 10.2 Å². The third-order valence-electron chi connectivity index (χ3n) is 2.83. The fraction of sp³-hybridized carbons (Fsp3) is 0.250. The highest BCUT2D eigenvalue weighted by atomic mass is 32.1. The molecule has 0 unspecified atom stereocenters. The highest BCUT2D eigenvalue weighted by molar-refractivity contribution is 7.19. The SMILES string of the molecule is CCc1nnc2sc(-c3ccc(N)cc3OC)nn12. The molecule has 2 heterocycles. The molecule has 2 aromatic heterocycles. The van der Waals surface area contributed by atoms with Crippen molar-refractivity contribution >= 4 is 22.0 Å². The van der Waals surface area contributed by atoms with Crippen LogP contribution >= 0.6 is 11.3 Å². The van der Waals surface area contributed by atoms with E-state index in [2.05, 4.69) is 15.3 Å². The van der Waals surface area contributed by atoms with Crippen LogP contribution < -0.4 is 10.5 Å². The zero-order chi connectivity index (χ0) is 13.4. The van der Waals surface area contributed by atoms with Gasteiger partial charge in [-0.3, -0.25) is 0 Å². The van der Waals surface area contributed by atoms with Crippen LogP contribution in [0.1, 0.15) is 12.7 Å². The summed E-state index contributed by atoms with van der Waals surface area (Å²) >= 11 is 1.48. The maximum Gasteiger partial charge on any atom is 0.234 e. The van der Waals surface area contributed by atoms with Gasteiger partial charge in [0.15, 0.2) is 10.8 Å². The van der Waals surface area contributed by atoms with Gasteiger partial charge >= 0.3 is 0 Å². The van der Waals surface area contributed by atoms with Crippen LogP contribution in [0, 0.1) is 0 Å². The molecule has 3 aromatic rings. The van der Waals surface area contributed by atoms with Gasteiger partial charge in [0.25, 0.3) is 0 Å². The van der Waals surface area contributed by atoms with Crippen molar-refractivity contribution in [3.05, 3.63) is 24.0 Å². The molecule has 2 N–H and O–H groups in total. The molecule has 0 aliphatic carbocycles. The van der Waals surface area contributed by atoms with E-state index >= 15 is 0 Å². The molecule has 0 fully saturated rings. The number of benzene rings is 1. The predicted octanol–water partition coefficient (Wildman–Crippen LogP) is 2.01. The first-order chi connectivity index (χ1) is 9.22. The van der Waals surface area contributed by atoms with Gasteiger partial charge in [-0.05, 0) is 12.1 Å². The van der Waals surface area contributed by atoms with Gasteiger partial charge < -0.3 is 10.5 Å². The Labute approximate surface area is 113 Å². The van der Waals surface area contributed by atoms with E-state index in [1.807, 2.05) is 19.1 Å². The van der Waals surface area contributed by atoms with E-state index in [0.717, 1.165) is 27.8 Å². The molecule has 0 spiro atoms. The quantitative estimate of drug-likeness (QED) is 0.740. The highest BCUT2D eigenvalue weighted by Crippen LogP contribution is 2.34. The lowest BCUT2D eigenvalue weighted by Gasteiger charge is -2.06. The highest BCUT2D eigenvalue weighted by Gasteiger charge is 2.15. The second-order valence-corrected chi connectivity index (χ2v) is 4.99. The fourth-order valence-electron chi connectivity index (χ4n) is 1.87. The van der Waals surface area contributed by atoms with Crippen molar-refractivity contribution in [2.45, 2.75) is 13.3 Å². The summed E-state index contributed by atoms with van der Waals surface area (Å²) in [5.41, 5.74) is 7.33. The van der Waals surface area contributed by atoms with Gasteiger partial charge in [0.05, 0.1) is 12.7 Å². The lowest BCUT2D eigenvalue weighted by molar-refractivity contribution is 0.416. The van der Waals surface area contributed by atoms with E-state index in [9.17, 15) is 0 Å². The molecule has 98 valence electrons. The van der Waals surface area contributed by atoms with Crippen LogP contribution in [0.2, 0.25) is 0 Å². The Kier molecular flexibility index (Phi) is 2.83. The molecule has 0 aliphatic heterocycles. The molecule has 7 heteroatoms. The van der Waals surface area contributed by atoms with Crippen LogP contribution in [0.25, 0.3) is 15.5 Å². The number of rotatable bonds is 3. The molecule has 6 nitrogen and oxygen atoms in total. The number of methoxy groups -OCH3 is 1. The van der Waals surface area contributed by atoms with Crippen LogP contribution in [0.5, 0.6) is 5.75 Å². The van der Waals surface area contributed by atoms with Gasteiger partial charge in [-0.2, -0.15) is 9.61 Å². The standard InChI is InChI=1S/C12H13N5OS/c1-3-10-14-15-12-17(10)16-11(19-12)8-5-4-7(13)6-9(8)18-2/h4-6H,3,13H2,1-2H3. The second-order valence-electron chi connectivity index (χ2n) is 4.03. The molecule has 0 atom stereocenters. The molecule has 0 saturated carbocycles. The smallest absolute Gasteiger partial charge is 0.234 e. The molecule has 0 aliphatic rings. The van der Waals surface area contributed by atoms with Crippen LogP contribution in [-0.2, 0) is 6.42 Å². The zero-order valence-corrected chi connectivity index (χ0v) is 11.4. The molecule has 0 bridgehead atoms. The summed E-state index contributed by atoms with van der Waals surface area (Å²) < 4.78 is 7.12. The van der Waals surface area contributed by atoms with Crippen molar-refractivity contribution in [2.24, 2.45) is 0 Å². The molecule has 19 heavy (non-hydrogen) atoms. The number of hydrogen-bond donors (Lipinski definition) is 1. The van der Waals surface area contributed by atoms with Crippen molar-refractivity contribution in [3.8, 4) is 16.3 Å². The molecule has 0 radical (unpaired) electrons. The monoisotopic (exact) mass is 275 g/mol. The number of hydrogen-bond acceptors (Lipinski definition) is 6. The number of nitrogens with zero attached hydrogens (tertiary/aromatic N) is 4. The molecular formula is C12H13N5OS. The molecular weight excluding hydrogens is 262 g/mol. The molecule has 3 rings (SSSR count). The number of nitrogen functional groups attached to an aromatic ring is 1. The summed E-state index contributed by atoms with van der Waals surface area (Å²) in [6.45, 7) is 2.03. The number of nitrogens with two attached hydrogens (primary N) is 1. The van der Waals surface area contributed by atoms with E-state index < -0.39 is 0 Å². The molecule has 0 amide bonds. The minimum Gasteiger partial charge on any atom is -0.496 e. The van der Waals surface area contributed by atoms with Gasteiger partial charge in [-0.1, -0.05) is 18.3 Å². The van der Waals surface area contributed by atoms with E-state index in [-0.39, 0.29) is 0 Å². The van der Waals surface area contributed by atoms with Crippen molar-refractivity contribution in [1.82, 2.24) is 19.8 Å². The number of aromatic nitrogens is 4. The summed E-state index contributed by atoms with van der Waals surface area (Å²) in [6, 6.07) is 5.53. The number of fused-ring (bicyclic) bond motifs is 1. The first kappa shape index (κ1) is 11.9. The predicted molar refractivity (Wildman–Crippen MR) is 74.4 cm³/mol. The van der Waals surface area contributed by atoms with E-state index in [4.69, 9.17) is 10.5 Å². The van der Waals surface area contributed by atoms with Crippen LogP contribution in [0.3, 0.4) is 0 Å². The van der Waals surface area contributed by atoms with Crippen molar-refractivity contribution in [1.29, 1.82) is 0 Å². The maximum absolute atomic E-state index is 5.76. The van der Waals surface area contributed by atoms with Crippen molar-refractivity contribution in [3.63, 3.8) is 0 Å². The summed E-state index contributed by atoms with van der Waals surface area (Å²) in [4.78, 5) is 0.783. The Bertz CT molecular complexity index is 733. The summed E-state index contributed by atoms with van der Waals surface area (Å²) in [7, 11) is 1.62. The van der Waals surface area contributed by atoms with Crippen LogP contribution in [0.15, 0.2) is 18.2 Å². The van der Waals surface area contributed by atoms with Crippen LogP contribution in [0.4, 0.5) is 5.69 Å². The van der Waals surface area contributed by atoms with E-state index in [0.29, 0.717) is 11.4 Å². The maximum atomic E-state index is 5.76. The summed E-state index contributed by atoms with van der Waals surface area (Å²) in [6.07, 6.45) is 0.795.